The lowest BCUT2D eigenvalue weighted by atomic mass is 10.0. The van der Waals surface area contributed by atoms with Gasteiger partial charge in [0.15, 0.2) is 0 Å². The van der Waals surface area contributed by atoms with E-state index in [0.29, 0.717) is 6.61 Å². The van der Waals surface area contributed by atoms with Crippen LogP contribution in [0.1, 0.15) is 23.4 Å². The second-order valence-corrected chi connectivity index (χ2v) is 6.48. The van der Waals surface area contributed by atoms with Crippen LogP contribution in [0.15, 0.2) is 51.8 Å². The van der Waals surface area contributed by atoms with E-state index < -0.39 is 0 Å². The van der Waals surface area contributed by atoms with Crippen molar-refractivity contribution in [3.8, 4) is 5.75 Å². The van der Waals surface area contributed by atoms with Crippen LogP contribution in [0.4, 0.5) is 0 Å². The van der Waals surface area contributed by atoms with Gasteiger partial charge in [0.25, 0.3) is 0 Å². The lowest BCUT2D eigenvalue weighted by Crippen LogP contribution is -2.00. The van der Waals surface area contributed by atoms with E-state index in [1.54, 1.807) is 11.8 Å². The van der Waals surface area contributed by atoms with Crippen molar-refractivity contribution < 1.29 is 4.74 Å². The fourth-order valence-electron chi connectivity index (χ4n) is 1.96. The first-order chi connectivity index (χ1) is 9.65. The summed E-state index contributed by atoms with van der Waals surface area (Å²) in [6.07, 6.45) is 2.06. The smallest absolute Gasteiger partial charge is 0.124 e. The van der Waals surface area contributed by atoms with Crippen molar-refractivity contribution in [2.45, 2.75) is 17.2 Å². The fourth-order valence-corrected chi connectivity index (χ4v) is 3.06. The molecule has 0 aliphatic heterocycles. The van der Waals surface area contributed by atoms with Crippen molar-refractivity contribution in [1.29, 1.82) is 0 Å². The molecule has 0 saturated heterocycles. The van der Waals surface area contributed by atoms with E-state index in [1.807, 2.05) is 25.1 Å². The van der Waals surface area contributed by atoms with Gasteiger partial charge in [0.2, 0.25) is 0 Å². The Hall–Kier alpha value is -0.640. The van der Waals surface area contributed by atoms with Gasteiger partial charge in [-0.1, -0.05) is 28.1 Å². The fraction of sp³-hybridized carbons (Fsp3) is 0.250. The van der Waals surface area contributed by atoms with Crippen molar-refractivity contribution >= 4 is 39.3 Å². The number of ether oxygens (including phenoxy) is 1. The molecule has 2 aromatic carbocycles. The summed E-state index contributed by atoms with van der Waals surface area (Å²) in [5.74, 6) is 0.838. The van der Waals surface area contributed by atoms with Gasteiger partial charge in [-0.3, -0.25) is 0 Å². The minimum atomic E-state index is -0.218. The Morgan fingerprint density at radius 1 is 1.20 bits per heavy atom. The monoisotopic (exact) mass is 370 g/mol. The molecule has 2 rings (SSSR count). The van der Waals surface area contributed by atoms with E-state index in [0.717, 1.165) is 21.3 Å². The topological polar surface area (TPSA) is 9.23 Å². The SMILES string of the molecule is CCOc1ccc(Br)cc1C(Cl)c1ccc(SC)cc1. The third-order valence-electron chi connectivity index (χ3n) is 2.95. The first-order valence-corrected chi connectivity index (χ1v) is 8.81. The molecule has 1 nitrogen and oxygen atoms in total. The summed E-state index contributed by atoms with van der Waals surface area (Å²) in [6, 6.07) is 14.3. The summed E-state index contributed by atoms with van der Waals surface area (Å²) in [5, 5.41) is -0.218. The predicted molar refractivity (Wildman–Crippen MR) is 91.2 cm³/mol. The standard InChI is InChI=1S/C16H16BrClOS/c1-3-19-15-9-6-12(17)10-14(15)16(18)11-4-7-13(20-2)8-5-11/h4-10,16H,3H2,1-2H3. The van der Waals surface area contributed by atoms with Gasteiger partial charge in [0, 0.05) is 14.9 Å². The third kappa shape index (κ3) is 3.72. The molecule has 0 spiro atoms. The first kappa shape index (κ1) is 15.7. The van der Waals surface area contributed by atoms with Crippen molar-refractivity contribution in [2.24, 2.45) is 0 Å². The van der Waals surface area contributed by atoms with Gasteiger partial charge >= 0.3 is 0 Å². The zero-order valence-electron chi connectivity index (χ0n) is 11.4. The number of benzene rings is 2. The number of rotatable bonds is 5. The van der Waals surface area contributed by atoms with Gasteiger partial charge in [-0.25, -0.2) is 0 Å². The molecule has 1 unspecified atom stereocenters. The van der Waals surface area contributed by atoms with E-state index in [1.165, 1.54) is 4.90 Å². The minimum absolute atomic E-state index is 0.218. The summed E-state index contributed by atoms with van der Waals surface area (Å²) in [5.41, 5.74) is 2.06. The van der Waals surface area contributed by atoms with E-state index in [9.17, 15) is 0 Å². The normalized spacial score (nSPS) is 12.2. The zero-order valence-corrected chi connectivity index (χ0v) is 14.6. The molecule has 0 aliphatic carbocycles. The predicted octanol–water partition coefficient (Wildman–Crippen LogP) is 5.90. The Balaban J connectivity index is 2.35. The average molecular weight is 372 g/mol. The van der Waals surface area contributed by atoms with Crippen molar-refractivity contribution in [2.75, 3.05) is 12.9 Å². The van der Waals surface area contributed by atoms with Gasteiger partial charge < -0.3 is 4.74 Å². The maximum atomic E-state index is 6.63. The number of hydrogen-bond acceptors (Lipinski definition) is 2. The molecule has 0 heterocycles. The molecular formula is C16H16BrClOS. The maximum Gasteiger partial charge on any atom is 0.124 e. The number of hydrogen-bond donors (Lipinski definition) is 0. The average Bonchev–Trinajstić information content (AvgIpc) is 2.48. The van der Waals surface area contributed by atoms with Gasteiger partial charge in [0.1, 0.15) is 5.75 Å². The summed E-state index contributed by atoms with van der Waals surface area (Å²) in [7, 11) is 0. The Labute approximate surface area is 137 Å². The van der Waals surface area contributed by atoms with Crippen LogP contribution in [0.2, 0.25) is 0 Å². The van der Waals surface area contributed by atoms with Gasteiger partial charge in [-0.15, -0.1) is 23.4 Å². The molecular weight excluding hydrogens is 356 g/mol. The van der Waals surface area contributed by atoms with Crippen LogP contribution >= 0.6 is 39.3 Å². The molecule has 0 aliphatic rings. The minimum Gasteiger partial charge on any atom is -0.494 e. The molecule has 0 fully saturated rings. The summed E-state index contributed by atoms with van der Waals surface area (Å²) < 4.78 is 6.67. The van der Waals surface area contributed by atoms with E-state index in [4.69, 9.17) is 16.3 Å². The van der Waals surface area contributed by atoms with Gasteiger partial charge in [0.05, 0.1) is 12.0 Å². The van der Waals surface area contributed by atoms with E-state index in [-0.39, 0.29) is 5.38 Å². The molecule has 106 valence electrons. The Morgan fingerprint density at radius 2 is 1.90 bits per heavy atom. The van der Waals surface area contributed by atoms with Crippen LogP contribution < -0.4 is 4.74 Å². The van der Waals surface area contributed by atoms with E-state index >= 15 is 0 Å². The quantitative estimate of drug-likeness (QED) is 0.478. The maximum absolute atomic E-state index is 6.63. The molecule has 2 aromatic rings. The highest BCUT2D eigenvalue weighted by atomic mass is 79.9. The summed E-state index contributed by atoms with van der Waals surface area (Å²) in [4.78, 5) is 1.23. The Bertz CT molecular complexity index is 571. The number of halogens is 2. The van der Waals surface area contributed by atoms with Crippen molar-refractivity contribution in [1.82, 2.24) is 0 Å². The van der Waals surface area contributed by atoms with Crippen LogP contribution in [0, 0.1) is 0 Å². The Kier molecular flexibility index (Phi) is 5.82. The molecule has 0 amide bonds. The van der Waals surface area contributed by atoms with Crippen molar-refractivity contribution in [3.63, 3.8) is 0 Å². The van der Waals surface area contributed by atoms with Crippen LogP contribution in [-0.2, 0) is 0 Å². The summed E-state index contributed by atoms with van der Waals surface area (Å²) >= 11 is 11.8. The summed E-state index contributed by atoms with van der Waals surface area (Å²) in [6.45, 7) is 2.60. The molecule has 0 aromatic heterocycles. The molecule has 0 bridgehead atoms. The van der Waals surface area contributed by atoms with Crippen molar-refractivity contribution in [3.05, 3.63) is 58.1 Å². The first-order valence-electron chi connectivity index (χ1n) is 6.36. The molecule has 0 radical (unpaired) electrons. The molecule has 20 heavy (non-hydrogen) atoms. The van der Waals surface area contributed by atoms with Crippen LogP contribution in [-0.4, -0.2) is 12.9 Å². The lowest BCUT2D eigenvalue weighted by molar-refractivity contribution is 0.337. The second-order valence-electron chi connectivity index (χ2n) is 4.25. The van der Waals surface area contributed by atoms with Gasteiger partial charge in [-0.05, 0) is 49.1 Å². The van der Waals surface area contributed by atoms with Crippen LogP contribution in [0.5, 0.6) is 5.75 Å². The molecule has 0 saturated carbocycles. The number of alkyl halides is 1. The lowest BCUT2D eigenvalue weighted by Gasteiger charge is -2.16. The largest absolute Gasteiger partial charge is 0.494 e. The zero-order chi connectivity index (χ0) is 14.5. The van der Waals surface area contributed by atoms with Gasteiger partial charge in [-0.2, -0.15) is 0 Å². The molecule has 4 heteroatoms. The third-order valence-corrected chi connectivity index (χ3v) is 4.68. The number of thioether (sulfide) groups is 1. The molecule has 1 atom stereocenters. The highest BCUT2D eigenvalue weighted by Crippen LogP contribution is 2.37. The molecule has 0 N–H and O–H groups in total. The van der Waals surface area contributed by atoms with E-state index in [2.05, 4.69) is 46.5 Å². The highest BCUT2D eigenvalue weighted by molar-refractivity contribution is 9.10. The van der Waals surface area contributed by atoms with Crippen LogP contribution in [0.25, 0.3) is 0 Å². The highest BCUT2D eigenvalue weighted by Gasteiger charge is 2.16. The second kappa shape index (κ2) is 7.39. The Morgan fingerprint density at radius 3 is 2.50 bits per heavy atom. The van der Waals surface area contributed by atoms with Crippen LogP contribution in [0.3, 0.4) is 0 Å².